The summed E-state index contributed by atoms with van der Waals surface area (Å²) in [7, 11) is 1.95. The molecule has 5 heteroatoms. The van der Waals surface area contributed by atoms with Crippen LogP contribution in [0.2, 0.25) is 0 Å². The number of anilines is 1. The van der Waals surface area contributed by atoms with Crippen LogP contribution in [0.3, 0.4) is 0 Å². The van der Waals surface area contributed by atoms with Crippen LogP contribution in [0.4, 0.5) is 5.82 Å². The first-order valence-electron chi connectivity index (χ1n) is 5.83. The number of aromatic nitrogens is 2. The zero-order valence-corrected chi connectivity index (χ0v) is 12.0. The van der Waals surface area contributed by atoms with Crippen LogP contribution in [0, 0.1) is 0 Å². The third-order valence-electron chi connectivity index (χ3n) is 3.28. The second-order valence-electron chi connectivity index (χ2n) is 5.21. The van der Waals surface area contributed by atoms with Gasteiger partial charge in [0.15, 0.2) is 0 Å². The van der Waals surface area contributed by atoms with Crippen molar-refractivity contribution in [3.05, 3.63) is 16.5 Å². The number of aliphatic hydroxyl groups is 1. The summed E-state index contributed by atoms with van der Waals surface area (Å²) in [6, 6.07) is 1.89. The molecule has 17 heavy (non-hydrogen) atoms. The molecule has 94 valence electrons. The first-order valence-corrected chi connectivity index (χ1v) is 6.62. The summed E-state index contributed by atoms with van der Waals surface area (Å²) in [4.78, 5) is 11.0. The summed E-state index contributed by atoms with van der Waals surface area (Å²) in [5, 5.41) is 9.39. The van der Waals surface area contributed by atoms with E-state index < -0.39 is 0 Å². The Hall–Kier alpha value is -0.680. The molecule has 0 bridgehead atoms. The van der Waals surface area contributed by atoms with E-state index in [0.717, 1.165) is 16.2 Å². The number of nitrogens with zero attached hydrogens (tertiary/aromatic N) is 3. The standard InChI is InChI=1S/C12H18BrN3O/c1-12(2,7-17)16(3)10-6-9(13)14-11(15-10)8-4-5-8/h6,8,17H,4-5,7H2,1-3H3. The van der Waals surface area contributed by atoms with Gasteiger partial charge in [-0.15, -0.1) is 0 Å². The maximum absolute atomic E-state index is 9.39. The molecule has 0 unspecified atom stereocenters. The van der Waals surface area contributed by atoms with Crippen molar-refractivity contribution in [3.8, 4) is 0 Å². The molecule has 1 saturated carbocycles. The summed E-state index contributed by atoms with van der Waals surface area (Å²) in [6.07, 6.45) is 2.37. The highest BCUT2D eigenvalue weighted by molar-refractivity contribution is 9.10. The number of hydrogen-bond acceptors (Lipinski definition) is 4. The van der Waals surface area contributed by atoms with Crippen LogP contribution in [-0.4, -0.2) is 34.3 Å². The second kappa shape index (κ2) is 4.53. The zero-order chi connectivity index (χ0) is 12.6. The van der Waals surface area contributed by atoms with E-state index in [9.17, 15) is 5.11 Å². The van der Waals surface area contributed by atoms with Crippen molar-refractivity contribution in [2.45, 2.75) is 38.1 Å². The van der Waals surface area contributed by atoms with E-state index in [4.69, 9.17) is 0 Å². The van der Waals surface area contributed by atoms with Gasteiger partial charge in [-0.1, -0.05) is 0 Å². The quantitative estimate of drug-likeness (QED) is 0.867. The first-order chi connectivity index (χ1) is 7.94. The van der Waals surface area contributed by atoms with Gasteiger partial charge in [0, 0.05) is 19.0 Å². The molecule has 0 amide bonds. The zero-order valence-electron chi connectivity index (χ0n) is 10.4. The topological polar surface area (TPSA) is 49.2 Å². The fourth-order valence-corrected chi connectivity index (χ4v) is 1.92. The molecule has 0 saturated heterocycles. The summed E-state index contributed by atoms with van der Waals surface area (Å²) < 4.78 is 0.810. The highest BCUT2D eigenvalue weighted by Gasteiger charge is 2.29. The Labute approximate surface area is 110 Å². The molecule has 2 rings (SSSR count). The number of halogens is 1. The molecule has 4 nitrogen and oxygen atoms in total. The molecule has 1 aliphatic carbocycles. The maximum Gasteiger partial charge on any atom is 0.135 e. The average molecular weight is 300 g/mol. The minimum absolute atomic E-state index is 0.0872. The minimum Gasteiger partial charge on any atom is -0.394 e. The lowest BCUT2D eigenvalue weighted by Gasteiger charge is -2.35. The highest BCUT2D eigenvalue weighted by atomic mass is 79.9. The van der Waals surface area contributed by atoms with Crippen molar-refractivity contribution in [1.82, 2.24) is 9.97 Å². The molecule has 0 aliphatic heterocycles. The Morgan fingerprint density at radius 2 is 2.12 bits per heavy atom. The van der Waals surface area contributed by atoms with E-state index in [0.29, 0.717) is 5.92 Å². The van der Waals surface area contributed by atoms with Gasteiger partial charge >= 0.3 is 0 Å². The summed E-state index contributed by atoms with van der Waals surface area (Å²) in [6.45, 7) is 4.06. The maximum atomic E-state index is 9.39. The molecule has 1 fully saturated rings. The molecule has 1 heterocycles. The third kappa shape index (κ3) is 2.77. The van der Waals surface area contributed by atoms with Crippen molar-refractivity contribution < 1.29 is 5.11 Å². The Kier molecular flexibility index (Phi) is 3.41. The van der Waals surface area contributed by atoms with Crippen LogP contribution in [0.5, 0.6) is 0 Å². The van der Waals surface area contributed by atoms with Gasteiger partial charge in [-0.2, -0.15) is 0 Å². The Balaban J connectivity index is 2.31. The van der Waals surface area contributed by atoms with Gasteiger partial charge in [0.2, 0.25) is 0 Å². The largest absolute Gasteiger partial charge is 0.394 e. The number of rotatable bonds is 4. The minimum atomic E-state index is -0.325. The SMILES string of the molecule is CN(c1cc(Br)nc(C2CC2)n1)C(C)(C)CO. The number of aliphatic hydroxyl groups excluding tert-OH is 1. The Morgan fingerprint density at radius 3 is 2.65 bits per heavy atom. The van der Waals surface area contributed by atoms with E-state index >= 15 is 0 Å². The smallest absolute Gasteiger partial charge is 0.135 e. The average Bonchev–Trinajstić information content (AvgIpc) is 3.11. The molecular formula is C12H18BrN3O. The van der Waals surface area contributed by atoms with E-state index in [1.807, 2.05) is 31.9 Å². The van der Waals surface area contributed by atoms with Crippen LogP contribution < -0.4 is 4.90 Å². The van der Waals surface area contributed by atoms with Crippen molar-refractivity contribution in [2.75, 3.05) is 18.6 Å². The van der Waals surface area contributed by atoms with Crippen molar-refractivity contribution in [3.63, 3.8) is 0 Å². The van der Waals surface area contributed by atoms with Gasteiger partial charge in [0.1, 0.15) is 16.2 Å². The molecular weight excluding hydrogens is 282 g/mol. The summed E-state index contributed by atoms with van der Waals surface area (Å²) in [5.74, 6) is 2.29. The molecule has 1 N–H and O–H groups in total. The van der Waals surface area contributed by atoms with Crippen molar-refractivity contribution in [1.29, 1.82) is 0 Å². The predicted molar refractivity (Wildman–Crippen MR) is 71.3 cm³/mol. The molecule has 1 aromatic rings. The fourth-order valence-electron chi connectivity index (χ4n) is 1.53. The van der Waals surface area contributed by atoms with Crippen molar-refractivity contribution in [2.24, 2.45) is 0 Å². The Bertz CT molecular complexity index is 418. The van der Waals surface area contributed by atoms with Gasteiger partial charge < -0.3 is 10.0 Å². The van der Waals surface area contributed by atoms with Crippen LogP contribution >= 0.6 is 15.9 Å². The normalized spacial score (nSPS) is 16.1. The van der Waals surface area contributed by atoms with Crippen molar-refractivity contribution >= 4 is 21.7 Å². The van der Waals surface area contributed by atoms with Gasteiger partial charge in [-0.05, 0) is 42.6 Å². The van der Waals surface area contributed by atoms with Gasteiger partial charge in [0.25, 0.3) is 0 Å². The molecule has 1 aliphatic rings. The van der Waals surface area contributed by atoms with Crippen LogP contribution in [0.1, 0.15) is 38.4 Å². The van der Waals surface area contributed by atoms with Gasteiger partial charge in [-0.25, -0.2) is 9.97 Å². The Morgan fingerprint density at radius 1 is 1.47 bits per heavy atom. The highest BCUT2D eigenvalue weighted by Crippen LogP contribution is 2.39. The van der Waals surface area contributed by atoms with Gasteiger partial charge in [0.05, 0.1) is 12.1 Å². The molecule has 0 atom stereocenters. The van der Waals surface area contributed by atoms with E-state index in [1.165, 1.54) is 12.8 Å². The summed E-state index contributed by atoms with van der Waals surface area (Å²) in [5.41, 5.74) is -0.325. The molecule has 1 aromatic heterocycles. The van der Waals surface area contributed by atoms with E-state index in [1.54, 1.807) is 0 Å². The number of likely N-dealkylation sites (N-methyl/N-ethyl adjacent to an activating group) is 1. The second-order valence-corrected chi connectivity index (χ2v) is 6.02. The summed E-state index contributed by atoms with van der Waals surface area (Å²) >= 11 is 3.43. The fraction of sp³-hybridized carbons (Fsp3) is 0.667. The lowest BCUT2D eigenvalue weighted by atomic mass is 10.1. The van der Waals surface area contributed by atoms with E-state index in [-0.39, 0.29) is 12.1 Å². The van der Waals surface area contributed by atoms with E-state index in [2.05, 4.69) is 25.9 Å². The molecule has 0 radical (unpaired) electrons. The lowest BCUT2D eigenvalue weighted by Crippen LogP contribution is -2.45. The lowest BCUT2D eigenvalue weighted by molar-refractivity contribution is 0.215. The molecule has 0 aromatic carbocycles. The predicted octanol–water partition coefficient (Wildman–Crippen LogP) is 2.32. The monoisotopic (exact) mass is 299 g/mol. The number of hydrogen-bond donors (Lipinski definition) is 1. The van der Waals surface area contributed by atoms with Gasteiger partial charge in [-0.3, -0.25) is 0 Å². The third-order valence-corrected chi connectivity index (χ3v) is 3.69. The molecule has 0 spiro atoms. The van der Waals surface area contributed by atoms with Crippen LogP contribution in [-0.2, 0) is 0 Å². The van der Waals surface area contributed by atoms with Crippen LogP contribution in [0.15, 0.2) is 10.7 Å². The van der Waals surface area contributed by atoms with Crippen LogP contribution in [0.25, 0.3) is 0 Å². The first kappa shape index (κ1) is 12.8.